The smallest absolute Gasteiger partial charge is 0.440 e. The number of furan rings is 1. The van der Waals surface area contributed by atoms with Crippen LogP contribution in [0.15, 0.2) is 16.7 Å². The quantitative estimate of drug-likeness (QED) is 0.474. The number of carbonyl (C=O) groups is 2. The number of nitro groups is 1. The Morgan fingerprint density at radius 2 is 1.62 bits per heavy atom. The van der Waals surface area contributed by atoms with Crippen LogP contribution in [0.2, 0.25) is 0 Å². The molecule has 2 rings (SSSR count). The predicted molar refractivity (Wildman–Crippen MR) is 80.7 cm³/mol. The largest absolute Gasteiger partial charge is 0.465 e. The van der Waals surface area contributed by atoms with Gasteiger partial charge < -0.3 is 13.9 Å². The molecule has 0 amide bonds. The van der Waals surface area contributed by atoms with Gasteiger partial charge in [-0.3, -0.25) is 15.1 Å². The van der Waals surface area contributed by atoms with Gasteiger partial charge in [0.1, 0.15) is 10.5 Å². The molecule has 0 bridgehead atoms. The zero-order chi connectivity index (χ0) is 18.0. The molecule has 0 saturated heterocycles. The number of nitrogens with zero attached hydrogens (tertiary/aromatic N) is 2. The third kappa shape index (κ3) is 2.71. The fourth-order valence-corrected chi connectivity index (χ4v) is 2.46. The van der Waals surface area contributed by atoms with E-state index in [4.69, 9.17) is 13.9 Å². The lowest BCUT2D eigenvalue weighted by molar-refractivity contribution is -0.401. The molecule has 0 aromatic carbocycles. The van der Waals surface area contributed by atoms with Crippen LogP contribution >= 0.6 is 0 Å². The van der Waals surface area contributed by atoms with Gasteiger partial charge in [-0.1, -0.05) is 0 Å². The molecule has 126 valence electrons. The molecule has 0 spiro atoms. The molecule has 0 aliphatic carbocycles. The summed E-state index contributed by atoms with van der Waals surface area (Å²) in [4.78, 5) is 39.0. The second kappa shape index (κ2) is 6.49. The molecule has 0 unspecified atom stereocenters. The molecule has 0 atom stereocenters. The van der Waals surface area contributed by atoms with Crippen molar-refractivity contribution in [2.45, 2.75) is 13.8 Å². The highest BCUT2D eigenvalue weighted by Crippen LogP contribution is 2.38. The number of hydrogen-bond acceptors (Lipinski definition) is 8. The first-order chi connectivity index (χ1) is 11.3. The highest BCUT2D eigenvalue weighted by Gasteiger charge is 2.32. The van der Waals surface area contributed by atoms with E-state index in [2.05, 4.69) is 4.98 Å². The van der Waals surface area contributed by atoms with Gasteiger partial charge in [-0.25, -0.2) is 9.59 Å². The predicted octanol–water partition coefficient (Wildman–Crippen LogP) is 2.44. The van der Waals surface area contributed by atoms with Crippen LogP contribution in [0.3, 0.4) is 0 Å². The van der Waals surface area contributed by atoms with Crippen molar-refractivity contribution in [2.75, 3.05) is 14.2 Å². The maximum absolute atomic E-state index is 12.2. The molecule has 0 radical (unpaired) electrons. The minimum Gasteiger partial charge on any atom is -0.465 e. The summed E-state index contributed by atoms with van der Waals surface area (Å²) >= 11 is 0. The Kier molecular flexibility index (Phi) is 4.63. The topological polar surface area (TPSA) is 122 Å². The number of esters is 2. The summed E-state index contributed by atoms with van der Waals surface area (Å²) in [6, 6.07) is 1.30. The second-order valence-electron chi connectivity index (χ2n) is 4.79. The molecule has 9 heteroatoms. The number of pyridine rings is 1. The zero-order valence-corrected chi connectivity index (χ0v) is 13.4. The van der Waals surface area contributed by atoms with Crippen LogP contribution in [-0.2, 0) is 9.47 Å². The fraction of sp³-hybridized carbons (Fsp3) is 0.267. The first-order valence-corrected chi connectivity index (χ1v) is 6.73. The lowest BCUT2D eigenvalue weighted by Gasteiger charge is -2.15. The standard InChI is InChI=1S/C15H14N2O7/c1-7-10(14(18)22-3)12(9-5-6-24-13(9)17(20)21)11(8(2)16-7)15(19)23-4/h5-6H,1-4H3. The summed E-state index contributed by atoms with van der Waals surface area (Å²) in [5.74, 6) is -2.17. The highest BCUT2D eigenvalue weighted by molar-refractivity contribution is 6.08. The number of hydrogen-bond donors (Lipinski definition) is 0. The van der Waals surface area contributed by atoms with Crippen LogP contribution < -0.4 is 0 Å². The lowest BCUT2D eigenvalue weighted by Crippen LogP contribution is -2.16. The van der Waals surface area contributed by atoms with E-state index in [0.717, 1.165) is 20.5 Å². The Labute approximate surface area is 136 Å². The normalized spacial score (nSPS) is 10.3. The van der Waals surface area contributed by atoms with Gasteiger partial charge >= 0.3 is 17.8 Å². The molecule has 0 fully saturated rings. The Balaban J connectivity index is 2.98. The van der Waals surface area contributed by atoms with E-state index >= 15 is 0 Å². The summed E-state index contributed by atoms with van der Waals surface area (Å²) in [5.41, 5.74) is 0.365. The number of methoxy groups -OCH3 is 2. The summed E-state index contributed by atoms with van der Waals surface area (Å²) in [6.07, 6.45) is 1.10. The van der Waals surface area contributed by atoms with Crippen molar-refractivity contribution in [2.24, 2.45) is 0 Å². The van der Waals surface area contributed by atoms with Gasteiger partial charge in [-0.05, 0) is 19.9 Å². The molecule has 2 aromatic rings. The molecule has 2 aromatic heterocycles. The van der Waals surface area contributed by atoms with Gasteiger partial charge in [0, 0.05) is 5.56 Å². The summed E-state index contributed by atoms with van der Waals surface area (Å²) < 4.78 is 14.3. The molecule has 9 nitrogen and oxygen atoms in total. The maximum atomic E-state index is 12.2. The van der Waals surface area contributed by atoms with E-state index in [1.807, 2.05) is 0 Å². The van der Waals surface area contributed by atoms with E-state index in [0.29, 0.717) is 0 Å². The van der Waals surface area contributed by atoms with Gasteiger partial charge in [0.25, 0.3) is 0 Å². The van der Waals surface area contributed by atoms with Crippen LogP contribution in [0.4, 0.5) is 5.88 Å². The number of aromatic nitrogens is 1. The van der Waals surface area contributed by atoms with Crippen molar-refractivity contribution >= 4 is 17.8 Å². The Morgan fingerprint density at radius 1 is 1.12 bits per heavy atom. The third-order valence-corrected chi connectivity index (χ3v) is 3.42. The first-order valence-electron chi connectivity index (χ1n) is 6.73. The number of aryl methyl sites for hydroxylation is 2. The molecular weight excluding hydrogens is 320 g/mol. The van der Waals surface area contributed by atoms with Crippen LogP contribution in [0.25, 0.3) is 11.1 Å². The van der Waals surface area contributed by atoms with Crippen LogP contribution in [0.1, 0.15) is 32.1 Å². The highest BCUT2D eigenvalue weighted by atomic mass is 16.6. The van der Waals surface area contributed by atoms with Crippen LogP contribution in [-0.4, -0.2) is 36.1 Å². The summed E-state index contributed by atoms with van der Waals surface area (Å²) in [6.45, 7) is 3.07. The zero-order valence-electron chi connectivity index (χ0n) is 13.4. The molecule has 2 heterocycles. The van der Waals surface area contributed by atoms with Crippen molar-refractivity contribution in [1.82, 2.24) is 4.98 Å². The fourth-order valence-electron chi connectivity index (χ4n) is 2.46. The second-order valence-corrected chi connectivity index (χ2v) is 4.79. The average Bonchev–Trinajstić information content (AvgIpc) is 3.02. The monoisotopic (exact) mass is 334 g/mol. The lowest BCUT2D eigenvalue weighted by atomic mass is 9.93. The van der Waals surface area contributed by atoms with Gasteiger partial charge in [0.2, 0.25) is 0 Å². The minimum absolute atomic E-state index is 0.000787. The summed E-state index contributed by atoms with van der Waals surface area (Å²) in [7, 11) is 2.32. The van der Waals surface area contributed by atoms with Crippen molar-refractivity contribution in [3.8, 4) is 11.1 Å². The molecule has 0 saturated carbocycles. The van der Waals surface area contributed by atoms with Crippen LogP contribution in [0.5, 0.6) is 0 Å². The van der Waals surface area contributed by atoms with E-state index in [1.165, 1.54) is 19.9 Å². The number of ether oxygens (including phenoxy) is 2. The Bertz CT molecular complexity index is 798. The van der Waals surface area contributed by atoms with Crippen molar-refractivity contribution in [3.63, 3.8) is 0 Å². The Hall–Kier alpha value is -3.23. The Morgan fingerprint density at radius 3 is 2.04 bits per heavy atom. The van der Waals surface area contributed by atoms with E-state index in [9.17, 15) is 19.7 Å². The number of carbonyl (C=O) groups excluding carboxylic acids is 2. The van der Waals surface area contributed by atoms with E-state index in [-0.39, 0.29) is 33.6 Å². The molecular formula is C15H14N2O7. The van der Waals surface area contributed by atoms with Crippen molar-refractivity contribution < 1.29 is 28.4 Å². The maximum Gasteiger partial charge on any atom is 0.440 e. The summed E-state index contributed by atoms with van der Waals surface area (Å²) in [5, 5.41) is 11.2. The molecule has 0 aliphatic rings. The number of rotatable bonds is 4. The third-order valence-electron chi connectivity index (χ3n) is 3.42. The van der Waals surface area contributed by atoms with E-state index in [1.54, 1.807) is 0 Å². The molecule has 24 heavy (non-hydrogen) atoms. The van der Waals surface area contributed by atoms with Gasteiger partial charge in [0.05, 0.1) is 43.0 Å². The van der Waals surface area contributed by atoms with Gasteiger partial charge in [-0.2, -0.15) is 0 Å². The molecule has 0 N–H and O–H groups in total. The average molecular weight is 334 g/mol. The minimum atomic E-state index is -0.782. The van der Waals surface area contributed by atoms with Crippen LogP contribution in [0, 0.1) is 24.0 Å². The SMILES string of the molecule is COC(=O)c1c(C)nc(C)c(C(=O)OC)c1-c1ccoc1[N+](=O)[O-]. The van der Waals surface area contributed by atoms with E-state index < -0.39 is 22.7 Å². The first kappa shape index (κ1) is 17.1. The van der Waals surface area contributed by atoms with Crippen molar-refractivity contribution in [3.05, 3.63) is 45.0 Å². The van der Waals surface area contributed by atoms with Crippen molar-refractivity contribution in [1.29, 1.82) is 0 Å². The van der Waals surface area contributed by atoms with Gasteiger partial charge in [-0.15, -0.1) is 0 Å². The van der Waals surface area contributed by atoms with Gasteiger partial charge in [0.15, 0.2) is 0 Å². The molecule has 0 aliphatic heterocycles.